The van der Waals surface area contributed by atoms with Crippen LogP contribution < -0.4 is 5.32 Å². The third-order valence-corrected chi connectivity index (χ3v) is 2.15. The van der Waals surface area contributed by atoms with Gasteiger partial charge in [-0.1, -0.05) is 0 Å². The van der Waals surface area contributed by atoms with E-state index in [4.69, 9.17) is 5.11 Å². The van der Waals surface area contributed by atoms with Crippen molar-refractivity contribution in [3.8, 4) is 0 Å². The molecule has 0 radical (unpaired) electrons. The highest BCUT2D eigenvalue weighted by Crippen LogP contribution is 2.13. The molecule has 0 aliphatic carbocycles. The van der Waals surface area contributed by atoms with Crippen molar-refractivity contribution in [2.45, 2.75) is 6.54 Å². The van der Waals surface area contributed by atoms with Crippen LogP contribution in [0.25, 0.3) is 0 Å². The first kappa shape index (κ1) is 11.0. The number of hydrogen-bond donors (Lipinski definition) is 2. The Morgan fingerprint density at radius 3 is 2.82 bits per heavy atom. The van der Waals surface area contributed by atoms with E-state index in [-0.39, 0.29) is 5.56 Å². The van der Waals surface area contributed by atoms with Gasteiger partial charge in [0, 0.05) is 12.4 Å². The predicted octanol–water partition coefficient (Wildman–Crippen LogP) is 1.18. The number of pyridine rings is 1. The van der Waals surface area contributed by atoms with Crippen LogP contribution in [-0.2, 0) is 6.54 Å². The summed E-state index contributed by atoms with van der Waals surface area (Å²) in [6, 6.07) is 3.20. The summed E-state index contributed by atoms with van der Waals surface area (Å²) in [5, 5.41) is 11.9. The molecule has 0 atom stereocenters. The average molecular weight is 230 g/mol. The Morgan fingerprint density at radius 2 is 2.12 bits per heavy atom. The van der Waals surface area contributed by atoms with Crippen molar-refractivity contribution in [3.63, 3.8) is 0 Å². The Kier molecular flexibility index (Phi) is 3.25. The fraction of sp³-hybridized carbons (Fsp3) is 0.0909. The molecule has 0 spiro atoms. The predicted molar refractivity (Wildman–Crippen MR) is 60.6 cm³/mol. The number of hydrogen-bond acceptors (Lipinski definition) is 5. The number of carbonyl (C=O) groups is 1. The van der Waals surface area contributed by atoms with E-state index in [2.05, 4.69) is 20.3 Å². The summed E-state index contributed by atoms with van der Waals surface area (Å²) in [6.45, 7) is 0.425. The van der Waals surface area contributed by atoms with Crippen LogP contribution in [-0.4, -0.2) is 26.0 Å². The minimum Gasteiger partial charge on any atom is -0.478 e. The number of aromatic carboxylic acids is 1. The highest BCUT2D eigenvalue weighted by Gasteiger charge is 2.08. The molecule has 0 amide bonds. The lowest BCUT2D eigenvalue weighted by molar-refractivity contribution is 0.0698. The Balaban J connectivity index is 2.12. The second kappa shape index (κ2) is 5.02. The molecule has 0 aliphatic heterocycles. The summed E-state index contributed by atoms with van der Waals surface area (Å²) in [5.41, 5.74) is 1.44. The summed E-state index contributed by atoms with van der Waals surface area (Å²) in [7, 11) is 0. The molecule has 0 saturated heterocycles. The quantitative estimate of drug-likeness (QED) is 0.820. The van der Waals surface area contributed by atoms with Crippen molar-refractivity contribution >= 4 is 11.7 Å². The molecule has 6 nitrogen and oxygen atoms in total. The van der Waals surface area contributed by atoms with E-state index in [9.17, 15) is 4.79 Å². The van der Waals surface area contributed by atoms with Crippen LogP contribution in [0.2, 0.25) is 0 Å². The van der Waals surface area contributed by atoms with Crippen LogP contribution in [0.15, 0.2) is 37.1 Å². The van der Waals surface area contributed by atoms with Crippen LogP contribution in [0.4, 0.5) is 5.69 Å². The Labute approximate surface area is 97.4 Å². The maximum atomic E-state index is 10.9. The van der Waals surface area contributed by atoms with Gasteiger partial charge in [-0.05, 0) is 12.1 Å². The normalized spacial score (nSPS) is 9.88. The molecule has 0 bridgehead atoms. The first-order valence-corrected chi connectivity index (χ1v) is 4.93. The van der Waals surface area contributed by atoms with E-state index in [1.165, 1.54) is 24.8 Å². The molecule has 2 rings (SSSR count). The van der Waals surface area contributed by atoms with Crippen LogP contribution in [0.5, 0.6) is 0 Å². The summed E-state index contributed by atoms with van der Waals surface area (Å²) in [6.07, 6.45) is 5.99. The number of rotatable bonds is 4. The minimum atomic E-state index is -0.988. The van der Waals surface area contributed by atoms with Gasteiger partial charge in [-0.15, -0.1) is 0 Å². The summed E-state index contributed by atoms with van der Waals surface area (Å²) < 4.78 is 0. The molecular weight excluding hydrogens is 220 g/mol. The molecule has 17 heavy (non-hydrogen) atoms. The fourth-order valence-electron chi connectivity index (χ4n) is 1.33. The van der Waals surface area contributed by atoms with Crippen LogP contribution in [0, 0.1) is 0 Å². The smallest absolute Gasteiger partial charge is 0.337 e. The second-order valence-electron chi connectivity index (χ2n) is 3.28. The number of carboxylic acid groups (broad SMARTS) is 1. The lowest BCUT2D eigenvalue weighted by Gasteiger charge is -2.07. The van der Waals surface area contributed by atoms with Gasteiger partial charge < -0.3 is 10.4 Å². The average Bonchev–Trinajstić information content (AvgIpc) is 2.38. The van der Waals surface area contributed by atoms with Crippen molar-refractivity contribution in [2.24, 2.45) is 0 Å². The van der Waals surface area contributed by atoms with Gasteiger partial charge >= 0.3 is 5.97 Å². The van der Waals surface area contributed by atoms with Gasteiger partial charge in [-0.25, -0.2) is 14.8 Å². The van der Waals surface area contributed by atoms with Gasteiger partial charge in [-0.3, -0.25) is 4.98 Å². The number of nitrogens with zero attached hydrogens (tertiary/aromatic N) is 3. The van der Waals surface area contributed by atoms with Gasteiger partial charge in [0.15, 0.2) is 0 Å². The largest absolute Gasteiger partial charge is 0.478 e. The van der Waals surface area contributed by atoms with Gasteiger partial charge in [0.05, 0.1) is 29.7 Å². The molecule has 6 heteroatoms. The lowest BCUT2D eigenvalue weighted by atomic mass is 10.2. The summed E-state index contributed by atoms with van der Waals surface area (Å²) >= 11 is 0. The van der Waals surface area contributed by atoms with E-state index in [1.54, 1.807) is 12.3 Å². The molecular formula is C11H10N4O2. The molecule has 0 aromatic carbocycles. The van der Waals surface area contributed by atoms with Crippen molar-refractivity contribution in [1.29, 1.82) is 0 Å². The Hall–Kier alpha value is -2.50. The Bertz CT molecular complexity index is 516. The number of anilines is 1. The number of aromatic nitrogens is 3. The molecule has 2 heterocycles. The topological polar surface area (TPSA) is 88.0 Å². The molecule has 0 aliphatic rings. The highest BCUT2D eigenvalue weighted by atomic mass is 16.4. The van der Waals surface area contributed by atoms with Gasteiger partial charge in [-0.2, -0.15) is 0 Å². The molecule has 2 aromatic rings. The molecule has 2 aromatic heterocycles. The lowest BCUT2D eigenvalue weighted by Crippen LogP contribution is -2.07. The first-order valence-electron chi connectivity index (χ1n) is 4.93. The maximum Gasteiger partial charge on any atom is 0.337 e. The SMILES string of the molecule is O=C(O)c1ccncc1NCc1ccncn1. The van der Waals surface area contributed by atoms with E-state index in [1.807, 2.05) is 0 Å². The zero-order valence-corrected chi connectivity index (χ0v) is 8.87. The zero-order valence-electron chi connectivity index (χ0n) is 8.87. The van der Waals surface area contributed by atoms with Crippen LogP contribution in [0.1, 0.15) is 16.1 Å². The molecule has 0 fully saturated rings. The highest BCUT2D eigenvalue weighted by molar-refractivity contribution is 5.93. The van der Waals surface area contributed by atoms with E-state index in [0.717, 1.165) is 5.69 Å². The summed E-state index contributed by atoms with van der Waals surface area (Å²) in [4.78, 5) is 22.6. The van der Waals surface area contributed by atoms with Gasteiger partial charge in [0.2, 0.25) is 0 Å². The molecule has 0 unspecified atom stereocenters. The van der Waals surface area contributed by atoms with Crippen molar-refractivity contribution in [2.75, 3.05) is 5.32 Å². The molecule has 0 saturated carbocycles. The fourth-order valence-corrected chi connectivity index (χ4v) is 1.33. The number of carboxylic acids is 1. The minimum absolute atomic E-state index is 0.189. The van der Waals surface area contributed by atoms with Crippen molar-refractivity contribution < 1.29 is 9.90 Å². The third-order valence-electron chi connectivity index (χ3n) is 2.15. The summed E-state index contributed by atoms with van der Waals surface area (Å²) in [5.74, 6) is -0.988. The zero-order chi connectivity index (χ0) is 12.1. The molecule has 2 N–H and O–H groups in total. The second-order valence-corrected chi connectivity index (χ2v) is 3.28. The van der Waals surface area contributed by atoms with Gasteiger partial charge in [0.1, 0.15) is 6.33 Å². The molecule has 86 valence electrons. The standard InChI is InChI=1S/C11H10N4O2/c16-11(17)9-2-4-12-6-10(9)14-5-8-1-3-13-7-15-8/h1-4,6-7,14H,5H2,(H,16,17). The number of nitrogens with one attached hydrogen (secondary N) is 1. The van der Waals surface area contributed by atoms with E-state index >= 15 is 0 Å². The van der Waals surface area contributed by atoms with Crippen LogP contribution >= 0.6 is 0 Å². The van der Waals surface area contributed by atoms with Crippen molar-refractivity contribution in [1.82, 2.24) is 15.0 Å². The van der Waals surface area contributed by atoms with Crippen molar-refractivity contribution in [3.05, 3.63) is 48.3 Å². The van der Waals surface area contributed by atoms with E-state index < -0.39 is 5.97 Å². The maximum absolute atomic E-state index is 10.9. The Morgan fingerprint density at radius 1 is 1.29 bits per heavy atom. The monoisotopic (exact) mass is 230 g/mol. The third kappa shape index (κ3) is 2.75. The van der Waals surface area contributed by atoms with Crippen LogP contribution in [0.3, 0.4) is 0 Å². The first-order chi connectivity index (χ1) is 8.27. The van der Waals surface area contributed by atoms with Gasteiger partial charge in [0.25, 0.3) is 0 Å². The van der Waals surface area contributed by atoms with E-state index in [0.29, 0.717) is 12.2 Å².